The van der Waals surface area contributed by atoms with Crippen molar-refractivity contribution in [2.45, 2.75) is 50.9 Å². The fourth-order valence-corrected chi connectivity index (χ4v) is 4.44. The third kappa shape index (κ3) is 4.52. The van der Waals surface area contributed by atoms with Crippen molar-refractivity contribution < 1.29 is 19.1 Å². The van der Waals surface area contributed by atoms with Crippen LogP contribution < -0.4 is 0 Å². The molecule has 2 heterocycles. The van der Waals surface area contributed by atoms with E-state index in [0.717, 1.165) is 22.5 Å². The van der Waals surface area contributed by atoms with E-state index in [1.807, 2.05) is 73.7 Å². The van der Waals surface area contributed by atoms with Gasteiger partial charge in [0.05, 0.1) is 17.9 Å². The summed E-state index contributed by atoms with van der Waals surface area (Å²) in [5, 5.41) is 10.5. The molecule has 4 rings (SSSR count). The van der Waals surface area contributed by atoms with Crippen LogP contribution in [0.1, 0.15) is 50.8 Å². The maximum absolute atomic E-state index is 13.1. The zero-order valence-electron chi connectivity index (χ0n) is 18.2. The van der Waals surface area contributed by atoms with E-state index in [1.54, 1.807) is 25.0 Å². The molecule has 3 aromatic rings. The van der Waals surface area contributed by atoms with Crippen molar-refractivity contribution in [2.24, 2.45) is 0 Å². The van der Waals surface area contributed by atoms with Crippen LogP contribution in [0, 0.1) is 0 Å². The number of carbonyl (C=O) groups is 1. The summed E-state index contributed by atoms with van der Waals surface area (Å²) in [5.74, 6) is 0.816. The Morgan fingerprint density at radius 2 is 1.77 bits per heavy atom. The molecule has 1 amide bonds. The van der Waals surface area contributed by atoms with Crippen LogP contribution in [-0.4, -0.2) is 28.2 Å². The highest BCUT2D eigenvalue weighted by Crippen LogP contribution is 2.42. The number of nitrogens with zero attached hydrogens (tertiary/aromatic N) is 1. The molecule has 2 atom stereocenters. The summed E-state index contributed by atoms with van der Waals surface area (Å²) in [7, 11) is 0. The lowest BCUT2D eigenvalue weighted by atomic mass is 9.80. The van der Waals surface area contributed by atoms with Crippen LogP contribution in [0.15, 0.2) is 77.4 Å². The molecule has 5 nitrogen and oxygen atoms in total. The number of ether oxygens (including phenoxy) is 1. The summed E-state index contributed by atoms with van der Waals surface area (Å²) in [6, 6.07) is 21.4. The maximum atomic E-state index is 13.1. The first kappa shape index (κ1) is 21.2. The van der Waals surface area contributed by atoms with Crippen LogP contribution in [0.5, 0.6) is 0 Å². The van der Waals surface area contributed by atoms with E-state index < -0.39 is 11.2 Å². The van der Waals surface area contributed by atoms with Crippen molar-refractivity contribution in [1.82, 2.24) is 4.90 Å². The van der Waals surface area contributed by atoms with E-state index in [0.29, 0.717) is 19.4 Å². The van der Waals surface area contributed by atoms with Gasteiger partial charge < -0.3 is 19.2 Å². The Hall–Kier alpha value is -3.05. The molecule has 0 radical (unpaired) electrons. The molecular weight excluding hydrogens is 390 g/mol. The highest BCUT2D eigenvalue weighted by molar-refractivity contribution is 5.70. The Balaban J connectivity index is 1.54. The van der Waals surface area contributed by atoms with Crippen molar-refractivity contribution in [2.75, 3.05) is 6.54 Å². The second-order valence-electron chi connectivity index (χ2n) is 8.94. The summed E-state index contributed by atoms with van der Waals surface area (Å²) in [5.41, 5.74) is 1.14. The second kappa shape index (κ2) is 8.23. The van der Waals surface area contributed by atoms with Gasteiger partial charge in [0.1, 0.15) is 11.4 Å². The number of cyclic esters (lactones) is 1. The Labute approximate surface area is 183 Å². The maximum Gasteiger partial charge on any atom is 0.411 e. The Morgan fingerprint density at radius 1 is 1.06 bits per heavy atom. The minimum atomic E-state index is -0.967. The number of hydrogen-bond acceptors (Lipinski definition) is 4. The van der Waals surface area contributed by atoms with Crippen LogP contribution in [0.2, 0.25) is 0 Å². The third-order valence-corrected chi connectivity index (χ3v) is 5.96. The molecule has 1 aromatic heterocycles. The van der Waals surface area contributed by atoms with Gasteiger partial charge in [0, 0.05) is 24.9 Å². The Morgan fingerprint density at radius 3 is 2.35 bits per heavy atom. The highest BCUT2D eigenvalue weighted by Gasteiger charge is 2.46. The third-order valence-electron chi connectivity index (χ3n) is 5.96. The molecule has 2 unspecified atom stereocenters. The number of hydrogen-bond donors (Lipinski definition) is 1. The molecule has 0 saturated carbocycles. The van der Waals surface area contributed by atoms with Crippen molar-refractivity contribution in [3.05, 3.63) is 84.1 Å². The molecule has 1 saturated heterocycles. The first-order chi connectivity index (χ1) is 14.8. The number of carbonyl (C=O) groups excluding carboxylic acids is 1. The van der Waals surface area contributed by atoms with Gasteiger partial charge in [-0.3, -0.25) is 0 Å². The summed E-state index contributed by atoms with van der Waals surface area (Å²) in [6.07, 6.45) is 2.25. The van der Waals surface area contributed by atoms with E-state index in [2.05, 4.69) is 0 Å². The fraction of sp³-hybridized carbons (Fsp3) is 0.346. The van der Waals surface area contributed by atoms with Gasteiger partial charge in [0.15, 0.2) is 0 Å². The van der Waals surface area contributed by atoms with Gasteiger partial charge in [-0.1, -0.05) is 54.6 Å². The van der Waals surface area contributed by atoms with Crippen LogP contribution in [0.3, 0.4) is 0 Å². The number of amides is 1. The zero-order chi connectivity index (χ0) is 22.1. The lowest BCUT2D eigenvalue weighted by Gasteiger charge is -2.45. The molecule has 1 aliphatic heterocycles. The predicted octanol–water partition coefficient (Wildman–Crippen LogP) is 5.91. The topological polar surface area (TPSA) is 62.9 Å². The average molecular weight is 420 g/mol. The molecule has 1 fully saturated rings. The van der Waals surface area contributed by atoms with Crippen molar-refractivity contribution in [1.29, 1.82) is 0 Å². The number of benzene rings is 2. The lowest BCUT2D eigenvalue weighted by Crippen LogP contribution is -2.51. The monoisotopic (exact) mass is 419 g/mol. The molecule has 5 heteroatoms. The van der Waals surface area contributed by atoms with Gasteiger partial charge >= 0.3 is 6.09 Å². The summed E-state index contributed by atoms with van der Waals surface area (Å²) in [4.78, 5) is 14.9. The molecule has 2 aromatic carbocycles. The minimum Gasteiger partial charge on any atom is -0.464 e. The quantitative estimate of drug-likeness (QED) is 0.540. The molecule has 31 heavy (non-hydrogen) atoms. The molecule has 1 aliphatic rings. The van der Waals surface area contributed by atoms with E-state index in [1.165, 1.54) is 0 Å². The van der Waals surface area contributed by atoms with Gasteiger partial charge in [-0.05, 0) is 44.0 Å². The van der Waals surface area contributed by atoms with E-state index in [9.17, 15) is 9.90 Å². The molecular formula is C26H29NO4. The predicted molar refractivity (Wildman–Crippen MR) is 119 cm³/mol. The van der Waals surface area contributed by atoms with Gasteiger partial charge in [0.2, 0.25) is 0 Å². The molecule has 0 bridgehead atoms. The molecule has 0 spiro atoms. The van der Waals surface area contributed by atoms with Gasteiger partial charge in [-0.2, -0.15) is 0 Å². The fourth-order valence-electron chi connectivity index (χ4n) is 4.44. The lowest BCUT2D eigenvalue weighted by molar-refractivity contribution is -0.101. The van der Waals surface area contributed by atoms with Gasteiger partial charge in [-0.15, -0.1) is 0 Å². The standard InChI is InChI=1S/C26H29NO4/c1-19(20-11-13-21(14-12-20)23-10-7-17-30-23)27-16-15-26(31-24(27)28,18-25(2,3)29)22-8-5-4-6-9-22/h4-14,17,19,29H,15-16,18H2,1-3H3. The summed E-state index contributed by atoms with van der Waals surface area (Å²) >= 11 is 0. The smallest absolute Gasteiger partial charge is 0.411 e. The van der Waals surface area contributed by atoms with Gasteiger partial charge in [0.25, 0.3) is 0 Å². The zero-order valence-corrected chi connectivity index (χ0v) is 18.2. The number of aliphatic hydroxyl groups is 1. The van der Waals surface area contributed by atoms with Crippen LogP contribution in [-0.2, 0) is 10.3 Å². The summed E-state index contributed by atoms with van der Waals surface area (Å²) in [6.45, 7) is 6.06. The van der Waals surface area contributed by atoms with E-state index in [-0.39, 0.29) is 12.1 Å². The first-order valence-corrected chi connectivity index (χ1v) is 10.7. The molecule has 0 aliphatic carbocycles. The molecule has 162 valence electrons. The largest absolute Gasteiger partial charge is 0.464 e. The Bertz CT molecular complexity index is 1010. The van der Waals surface area contributed by atoms with Crippen molar-refractivity contribution in [3.63, 3.8) is 0 Å². The van der Waals surface area contributed by atoms with E-state index in [4.69, 9.17) is 9.15 Å². The number of furan rings is 1. The van der Waals surface area contributed by atoms with Crippen LogP contribution in [0.25, 0.3) is 11.3 Å². The van der Waals surface area contributed by atoms with Crippen molar-refractivity contribution >= 4 is 6.09 Å². The minimum absolute atomic E-state index is 0.130. The SMILES string of the molecule is CC(c1ccc(-c2ccco2)cc1)N1CCC(CC(C)(C)O)(c2ccccc2)OC1=O. The van der Waals surface area contributed by atoms with Crippen LogP contribution >= 0.6 is 0 Å². The van der Waals surface area contributed by atoms with Crippen LogP contribution in [0.4, 0.5) is 4.79 Å². The normalized spacial score (nSPS) is 20.4. The summed E-state index contributed by atoms with van der Waals surface area (Å²) < 4.78 is 11.5. The Kier molecular flexibility index (Phi) is 5.63. The van der Waals surface area contributed by atoms with Crippen molar-refractivity contribution in [3.8, 4) is 11.3 Å². The molecule has 1 N–H and O–H groups in total. The average Bonchev–Trinajstić information content (AvgIpc) is 3.28. The van der Waals surface area contributed by atoms with Gasteiger partial charge in [-0.25, -0.2) is 4.79 Å². The highest BCUT2D eigenvalue weighted by atomic mass is 16.6. The number of rotatable bonds is 6. The first-order valence-electron chi connectivity index (χ1n) is 10.7. The second-order valence-corrected chi connectivity index (χ2v) is 8.94. The van der Waals surface area contributed by atoms with E-state index >= 15 is 0 Å².